The first kappa shape index (κ1) is 35.3. The van der Waals surface area contributed by atoms with Crippen molar-refractivity contribution in [2.45, 2.75) is 136 Å². The van der Waals surface area contributed by atoms with E-state index >= 15 is 0 Å². The van der Waals surface area contributed by atoms with Crippen LogP contribution in [-0.2, 0) is 14.0 Å². The first-order chi connectivity index (χ1) is 19.8. The molecule has 0 bridgehead atoms. The van der Waals surface area contributed by atoms with E-state index in [1.807, 2.05) is 20.8 Å². The Hall–Kier alpha value is -2.16. The van der Waals surface area contributed by atoms with Gasteiger partial charge < -0.3 is 19.4 Å². The Bertz CT molecular complexity index is 1200. The molecule has 7 nitrogen and oxygen atoms in total. The molecule has 43 heavy (non-hydrogen) atoms. The second-order valence-corrected chi connectivity index (χ2v) is 20.3. The number of nitrogens with zero attached hydrogens (tertiary/aromatic N) is 3. The summed E-state index contributed by atoms with van der Waals surface area (Å²) in [6.45, 7) is 24.9. The van der Waals surface area contributed by atoms with Gasteiger partial charge in [-0.2, -0.15) is 0 Å². The van der Waals surface area contributed by atoms with Gasteiger partial charge in [-0.05, 0) is 94.1 Å². The van der Waals surface area contributed by atoms with Crippen LogP contribution in [0, 0.1) is 5.92 Å². The summed E-state index contributed by atoms with van der Waals surface area (Å²) in [5.41, 5.74) is 2.64. The first-order valence-electron chi connectivity index (χ1n) is 15.9. The number of ether oxygens (including phenoxy) is 1. The fourth-order valence-corrected chi connectivity index (χ4v) is 6.90. The fourth-order valence-electron chi connectivity index (χ4n) is 5.38. The molecule has 1 N–H and O–H groups in total. The molecule has 1 aliphatic rings. The lowest BCUT2D eigenvalue weighted by molar-refractivity contribution is -0.155. The van der Waals surface area contributed by atoms with Gasteiger partial charge in [0.15, 0.2) is 8.32 Å². The zero-order chi connectivity index (χ0) is 32.2. The van der Waals surface area contributed by atoms with Crippen LogP contribution in [0.5, 0.6) is 0 Å². The zero-order valence-electron chi connectivity index (χ0n) is 28.4. The number of hydrogen-bond acceptors (Lipinski definition) is 7. The molecule has 1 atom stereocenters. The van der Waals surface area contributed by atoms with Crippen molar-refractivity contribution in [3.63, 3.8) is 0 Å². The normalized spacial score (nSPS) is 18.8. The van der Waals surface area contributed by atoms with E-state index in [1.165, 1.54) is 0 Å². The van der Waals surface area contributed by atoms with Gasteiger partial charge in [-0.3, -0.25) is 4.79 Å². The summed E-state index contributed by atoms with van der Waals surface area (Å²) < 4.78 is 12.4. The highest BCUT2D eigenvalue weighted by Crippen LogP contribution is 2.41. The summed E-state index contributed by atoms with van der Waals surface area (Å²) in [4.78, 5) is 23.9. The maximum absolute atomic E-state index is 12.6. The van der Waals surface area contributed by atoms with Gasteiger partial charge in [-0.25, -0.2) is 9.97 Å². The van der Waals surface area contributed by atoms with Crippen molar-refractivity contribution >= 4 is 43.1 Å². The topological polar surface area (TPSA) is 76.6 Å². The molecule has 2 aromatic rings. The average molecular weight is 631 g/mol. The van der Waals surface area contributed by atoms with Crippen molar-refractivity contribution in [1.82, 2.24) is 9.97 Å². The molecule has 0 spiro atoms. The highest BCUT2D eigenvalue weighted by Gasteiger charge is 2.40. The molecular weight excluding hydrogens is 576 g/mol. The third kappa shape index (κ3) is 10.5. The van der Waals surface area contributed by atoms with Gasteiger partial charge in [-0.15, -0.1) is 0 Å². The van der Waals surface area contributed by atoms with E-state index in [9.17, 15) is 4.79 Å². The Morgan fingerprint density at radius 1 is 1.05 bits per heavy atom. The Kier molecular flexibility index (Phi) is 11.7. The number of hydrogen-bond donors (Lipinski definition) is 1. The van der Waals surface area contributed by atoms with Crippen molar-refractivity contribution in [3.8, 4) is 0 Å². The number of esters is 1. The lowest BCUT2D eigenvalue weighted by Crippen LogP contribution is -2.47. The quantitative estimate of drug-likeness (QED) is 0.196. The fraction of sp³-hybridized carbons (Fsp3) is 0.676. The number of carbonyl (C=O) groups is 1. The number of nitrogens with one attached hydrogen (secondary N) is 1. The second kappa shape index (κ2) is 14.3. The Balaban J connectivity index is 1.90. The molecule has 1 aliphatic carbocycles. The van der Waals surface area contributed by atoms with Crippen LogP contribution < -0.4 is 10.2 Å². The first-order valence-corrected chi connectivity index (χ1v) is 19.2. The molecule has 240 valence electrons. The van der Waals surface area contributed by atoms with E-state index < -0.39 is 13.9 Å². The van der Waals surface area contributed by atoms with Crippen LogP contribution in [0.4, 0.5) is 17.2 Å². The van der Waals surface area contributed by atoms with Gasteiger partial charge >= 0.3 is 5.97 Å². The lowest BCUT2D eigenvalue weighted by Gasteiger charge is -2.44. The van der Waals surface area contributed by atoms with Crippen molar-refractivity contribution in [2.75, 3.05) is 16.8 Å². The van der Waals surface area contributed by atoms with Gasteiger partial charge in [0.25, 0.3) is 0 Å². The van der Waals surface area contributed by atoms with Crippen LogP contribution in [0.2, 0.25) is 23.3 Å². The SMILES string of the molecule is CC(C)CN(c1ccc([C@H](C)CC(=O)OC(C)(C)C)cc1Nc1cnc(Cl)cn1)C1CCC(O[Si](C)(C)C(C)(C)C)CC1. The number of rotatable bonds is 11. The minimum absolute atomic E-state index is 0.0118. The molecule has 1 aromatic carbocycles. The highest BCUT2D eigenvalue weighted by atomic mass is 35.5. The van der Waals surface area contributed by atoms with E-state index in [1.54, 1.807) is 12.4 Å². The second-order valence-electron chi connectivity index (χ2n) is 15.2. The van der Waals surface area contributed by atoms with Crippen molar-refractivity contribution in [3.05, 3.63) is 41.3 Å². The largest absolute Gasteiger partial charge is 0.460 e. The monoisotopic (exact) mass is 630 g/mol. The minimum Gasteiger partial charge on any atom is -0.460 e. The molecule has 0 radical (unpaired) electrons. The van der Waals surface area contributed by atoms with Gasteiger partial charge in [0.1, 0.15) is 16.6 Å². The molecule has 1 fully saturated rings. The Morgan fingerprint density at radius 3 is 2.23 bits per heavy atom. The standard InChI is InChI=1S/C34H55ClN4O3Si/c1-23(2)22-39(26-13-15-27(16-14-26)42-43(10,11)34(7,8)9)29-17-12-25(24(3)18-32(40)41-33(4,5)6)19-28(29)38-31-21-36-30(35)20-37-31/h12,17,19-21,23-24,26-27H,13-16,18,22H2,1-11H3,(H,37,38)/t24-,26?,27?/m1/s1. The van der Waals surface area contributed by atoms with E-state index in [0.717, 1.165) is 49.2 Å². The van der Waals surface area contributed by atoms with Crippen molar-refractivity contribution in [2.24, 2.45) is 5.92 Å². The summed E-state index contributed by atoms with van der Waals surface area (Å²) >= 11 is 6.03. The highest BCUT2D eigenvalue weighted by molar-refractivity contribution is 6.74. The van der Waals surface area contributed by atoms with Gasteiger partial charge in [-0.1, -0.05) is 59.2 Å². The molecule has 1 heterocycles. The van der Waals surface area contributed by atoms with E-state index in [0.29, 0.717) is 35.5 Å². The van der Waals surface area contributed by atoms with Crippen molar-refractivity contribution in [1.29, 1.82) is 0 Å². The smallest absolute Gasteiger partial charge is 0.306 e. The predicted octanol–water partition coefficient (Wildman–Crippen LogP) is 9.50. The molecule has 0 aliphatic heterocycles. The van der Waals surface area contributed by atoms with Crippen LogP contribution in [0.3, 0.4) is 0 Å². The number of aromatic nitrogens is 2. The number of halogens is 1. The zero-order valence-corrected chi connectivity index (χ0v) is 30.1. The van der Waals surface area contributed by atoms with Gasteiger partial charge in [0.2, 0.25) is 0 Å². The number of carbonyl (C=O) groups excluding carboxylic acids is 1. The molecule has 1 saturated carbocycles. The van der Waals surface area contributed by atoms with E-state index in [2.05, 4.69) is 93.0 Å². The predicted molar refractivity (Wildman–Crippen MR) is 182 cm³/mol. The van der Waals surface area contributed by atoms with Crippen LogP contribution in [0.15, 0.2) is 30.6 Å². The number of benzene rings is 1. The molecule has 0 saturated heterocycles. The Labute approximate surface area is 266 Å². The summed E-state index contributed by atoms with van der Waals surface area (Å²) in [5.74, 6) is 0.899. The molecular formula is C34H55ClN4O3Si. The summed E-state index contributed by atoms with van der Waals surface area (Å²) in [6.07, 6.45) is 8.16. The molecule has 3 rings (SSSR count). The van der Waals surface area contributed by atoms with Gasteiger partial charge in [0, 0.05) is 18.7 Å². The van der Waals surface area contributed by atoms with Crippen LogP contribution in [-0.4, -0.2) is 48.5 Å². The third-order valence-electron chi connectivity index (χ3n) is 8.59. The number of anilines is 3. The third-order valence-corrected chi connectivity index (χ3v) is 13.3. The van der Waals surface area contributed by atoms with Crippen molar-refractivity contribution < 1.29 is 14.0 Å². The van der Waals surface area contributed by atoms with Gasteiger partial charge in [0.05, 0.1) is 30.2 Å². The van der Waals surface area contributed by atoms with Crippen LogP contribution in [0.25, 0.3) is 0 Å². The summed E-state index contributed by atoms with van der Waals surface area (Å²) in [6, 6.07) is 6.92. The van der Waals surface area contributed by atoms with Crippen LogP contribution in [0.1, 0.15) is 106 Å². The molecule has 1 aromatic heterocycles. The molecule has 0 unspecified atom stereocenters. The maximum atomic E-state index is 12.6. The average Bonchev–Trinajstić information content (AvgIpc) is 2.87. The van der Waals surface area contributed by atoms with Crippen LogP contribution >= 0.6 is 11.6 Å². The van der Waals surface area contributed by atoms with E-state index in [-0.39, 0.29) is 16.9 Å². The minimum atomic E-state index is -1.81. The Morgan fingerprint density at radius 2 is 1.70 bits per heavy atom. The molecule has 0 amide bonds. The van der Waals surface area contributed by atoms with E-state index in [4.69, 9.17) is 20.8 Å². The summed E-state index contributed by atoms with van der Waals surface area (Å²) in [5, 5.41) is 4.09. The molecule has 9 heteroatoms. The summed E-state index contributed by atoms with van der Waals surface area (Å²) in [7, 11) is -1.81. The maximum Gasteiger partial charge on any atom is 0.306 e. The lowest BCUT2D eigenvalue weighted by atomic mass is 9.90.